The van der Waals surface area contributed by atoms with Gasteiger partial charge in [0.05, 0.1) is 34.4 Å². The van der Waals surface area contributed by atoms with Crippen molar-refractivity contribution in [2.45, 2.75) is 328 Å². The molecule has 0 fully saturated rings. The molecule has 0 aromatic carbocycles. The molecule has 416 valence electrons. The Labute approximate surface area is 434 Å². The van der Waals surface area contributed by atoms with Crippen LogP contribution >= 0.6 is 0 Å². The maximum absolute atomic E-state index is 12.9. The highest BCUT2D eigenvalue weighted by molar-refractivity contribution is 5.71. The van der Waals surface area contributed by atoms with E-state index in [4.69, 9.17) is 18.9 Å². The summed E-state index contributed by atoms with van der Waals surface area (Å²) in [6.45, 7) is 4.95. The third-order valence-corrected chi connectivity index (χ3v) is 14.1. The number of aliphatic carboxylic acids is 1. The molecule has 0 rings (SSSR count). The predicted octanol–water partition coefficient (Wildman–Crippen LogP) is 18.0. The van der Waals surface area contributed by atoms with Crippen molar-refractivity contribution in [1.29, 1.82) is 0 Å². The van der Waals surface area contributed by atoms with Crippen LogP contribution in [0.3, 0.4) is 0 Å². The highest BCUT2D eigenvalue weighted by atomic mass is 16.7. The molecule has 0 spiro atoms. The Morgan fingerprint density at radius 3 is 0.914 bits per heavy atom. The Kier molecular flexibility index (Phi) is 52.3. The second-order valence-corrected chi connectivity index (χ2v) is 22.4. The number of hydrogen-bond acceptors (Lipinski definition) is 7. The number of carbonyl (C=O) groups is 3. The van der Waals surface area contributed by atoms with Crippen LogP contribution in [0, 0.1) is 0 Å². The topological polar surface area (TPSA) is 108 Å². The van der Waals surface area contributed by atoms with Gasteiger partial charge in [-0.25, -0.2) is 4.79 Å². The van der Waals surface area contributed by atoms with Gasteiger partial charge in [-0.05, 0) is 12.8 Å². The number of carbonyl (C=O) groups excluding carboxylic acids is 2. The number of nitrogens with zero attached hydrogens (tertiary/aromatic N) is 1. The number of carboxylic acids is 1. The molecule has 0 aliphatic carbocycles. The third kappa shape index (κ3) is 54.1. The van der Waals surface area contributed by atoms with Gasteiger partial charge in [-0.3, -0.25) is 9.59 Å². The van der Waals surface area contributed by atoms with Crippen molar-refractivity contribution >= 4 is 17.9 Å². The summed E-state index contributed by atoms with van der Waals surface area (Å²) in [5.74, 6) is -1.97. The maximum Gasteiger partial charge on any atom is 0.361 e. The first-order valence-electron chi connectivity index (χ1n) is 30.7. The van der Waals surface area contributed by atoms with Gasteiger partial charge in [-0.2, -0.15) is 0 Å². The van der Waals surface area contributed by atoms with Crippen molar-refractivity contribution in [2.24, 2.45) is 0 Å². The smallest absolute Gasteiger partial charge is 0.361 e. The molecule has 70 heavy (non-hydrogen) atoms. The summed E-state index contributed by atoms with van der Waals surface area (Å²) < 4.78 is 22.9. The zero-order valence-electron chi connectivity index (χ0n) is 47.5. The van der Waals surface area contributed by atoms with Gasteiger partial charge in [0, 0.05) is 12.8 Å². The van der Waals surface area contributed by atoms with Crippen molar-refractivity contribution in [1.82, 2.24) is 0 Å². The molecule has 0 aromatic heterocycles. The lowest BCUT2D eigenvalue weighted by atomic mass is 10.0. The van der Waals surface area contributed by atoms with Crippen LogP contribution in [0.4, 0.5) is 0 Å². The van der Waals surface area contributed by atoms with Crippen LogP contribution in [0.5, 0.6) is 0 Å². The Morgan fingerprint density at radius 2 is 0.643 bits per heavy atom. The molecular weight excluding hydrogens is 875 g/mol. The van der Waals surface area contributed by atoms with Gasteiger partial charge in [0.25, 0.3) is 6.29 Å². The molecule has 9 heteroatoms. The number of likely N-dealkylation sites (N-methyl/N-ethyl adjacent to an activating group) is 1. The number of hydrogen-bond donors (Lipinski definition) is 1. The van der Waals surface area contributed by atoms with Crippen LogP contribution in [-0.4, -0.2) is 87.4 Å². The zero-order valence-corrected chi connectivity index (χ0v) is 47.5. The first-order valence-corrected chi connectivity index (χ1v) is 30.7. The van der Waals surface area contributed by atoms with E-state index >= 15 is 0 Å². The van der Waals surface area contributed by atoms with Crippen molar-refractivity contribution in [3.63, 3.8) is 0 Å². The third-order valence-electron chi connectivity index (χ3n) is 14.1. The van der Waals surface area contributed by atoms with Gasteiger partial charge in [-0.1, -0.05) is 290 Å². The largest absolute Gasteiger partial charge is 0.477 e. The van der Waals surface area contributed by atoms with E-state index in [0.717, 1.165) is 38.5 Å². The van der Waals surface area contributed by atoms with E-state index in [-0.39, 0.29) is 38.2 Å². The van der Waals surface area contributed by atoms with Gasteiger partial charge < -0.3 is 28.5 Å². The zero-order chi connectivity index (χ0) is 51.3. The SMILES string of the molecule is CCCCCCCCCCCCCCCCCCCCCCCCCCCCCCCCC(=O)OC(COC(=O)CCCCCCCCCCCCCCCCC)COC(OCC[N+](C)(C)C)C(=O)O. The summed E-state index contributed by atoms with van der Waals surface area (Å²) in [7, 11) is 5.98. The van der Waals surface area contributed by atoms with Crippen molar-refractivity contribution in [2.75, 3.05) is 47.5 Å². The molecule has 2 atom stereocenters. The lowest BCUT2D eigenvalue weighted by Crippen LogP contribution is -2.40. The molecule has 1 N–H and O–H groups in total. The molecular formula is C61H120NO8+. The summed E-state index contributed by atoms with van der Waals surface area (Å²) >= 11 is 0. The van der Waals surface area contributed by atoms with E-state index in [1.165, 1.54) is 250 Å². The Hall–Kier alpha value is -1.71. The maximum atomic E-state index is 12.9. The minimum atomic E-state index is -1.50. The minimum absolute atomic E-state index is 0.172. The van der Waals surface area contributed by atoms with Gasteiger partial charge in [0.2, 0.25) is 0 Å². The number of rotatable bonds is 58. The first-order chi connectivity index (χ1) is 34.1. The molecule has 0 amide bonds. The van der Waals surface area contributed by atoms with Crippen LogP contribution < -0.4 is 0 Å². The van der Waals surface area contributed by atoms with E-state index in [0.29, 0.717) is 17.4 Å². The second kappa shape index (κ2) is 53.6. The number of esters is 2. The summed E-state index contributed by atoms with van der Waals surface area (Å²) in [5, 5.41) is 9.70. The highest BCUT2D eigenvalue weighted by Crippen LogP contribution is 2.18. The Bertz CT molecular complexity index is 1110. The summed E-state index contributed by atoms with van der Waals surface area (Å²) in [6.07, 6.45) is 57.7. The highest BCUT2D eigenvalue weighted by Gasteiger charge is 2.25. The summed E-state index contributed by atoms with van der Waals surface area (Å²) in [6, 6.07) is 0. The number of quaternary nitrogens is 1. The molecule has 0 aromatic rings. The number of carboxylic acid groups (broad SMARTS) is 1. The molecule has 2 unspecified atom stereocenters. The van der Waals surface area contributed by atoms with Gasteiger partial charge in [0.1, 0.15) is 13.2 Å². The first kappa shape index (κ1) is 68.3. The average Bonchev–Trinajstić information content (AvgIpc) is 3.33. The predicted molar refractivity (Wildman–Crippen MR) is 295 cm³/mol. The van der Waals surface area contributed by atoms with E-state index < -0.39 is 18.4 Å². The van der Waals surface area contributed by atoms with Crippen LogP contribution in [0.1, 0.15) is 316 Å². The van der Waals surface area contributed by atoms with Crippen LogP contribution in [0.2, 0.25) is 0 Å². The van der Waals surface area contributed by atoms with Crippen LogP contribution in [-0.2, 0) is 33.3 Å². The lowest BCUT2D eigenvalue weighted by Gasteiger charge is -2.25. The minimum Gasteiger partial charge on any atom is -0.477 e. The number of ether oxygens (including phenoxy) is 4. The Balaban J connectivity index is 4.06. The van der Waals surface area contributed by atoms with E-state index in [9.17, 15) is 19.5 Å². The molecule has 0 saturated carbocycles. The average molecular weight is 996 g/mol. The van der Waals surface area contributed by atoms with Crippen molar-refractivity contribution in [3.05, 3.63) is 0 Å². The number of unbranched alkanes of at least 4 members (excludes halogenated alkanes) is 43. The van der Waals surface area contributed by atoms with E-state index in [1.807, 2.05) is 21.1 Å². The molecule has 0 heterocycles. The fourth-order valence-electron chi connectivity index (χ4n) is 9.37. The summed E-state index contributed by atoms with van der Waals surface area (Å²) in [5.41, 5.74) is 0. The normalized spacial score (nSPS) is 12.6. The monoisotopic (exact) mass is 995 g/mol. The molecule has 0 saturated heterocycles. The summed E-state index contributed by atoms with van der Waals surface area (Å²) in [4.78, 5) is 37.4. The van der Waals surface area contributed by atoms with Crippen molar-refractivity contribution in [3.8, 4) is 0 Å². The van der Waals surface area contributed by atoms with Gasteiger partial charge >= 0.3 is 17.9 Å². The molecule has 0 radical (unpaired) electrons. The van der Waals surface area contributed by atoms with E-state index in [1.54, 1.807) is 0 Å². The molecule has 0 aliphatic rings. The standard InChI is InChI=1S/C61H119NO8/c1-6-8-10-12-14-16-18-20-22-23-24-25-26-27-28-29-30-31-32-33-34-35-36-38-40-42-44-46-48-50-52-59(64)70-57(56-69-61(60(65)66)67-54-53-62(3,4)5)55-68-58(63)51-49-47-45-43-41-39-37-21-19-17-15-13-11-9-7-2/h57,61H,6-56H2,1-5H3/p+1. The van der Waals surface area contributed by atoms with Gasteiger partial charge in [0.15, 0.2) is 6.10 Å². The Morgan fingerprint density at radius 1 is 0.371 bits per heavy atom. The molecule has 0 aliphatic heterocycles. The fourth-order valence-corrected chi connectivity index (χ4v) is 9.37. The fraction of sp³-hybridized carbons (Fsp3) is 0.951. The van der Waals surface area contributed by atoms with E-state index in [2.05, 4.69) is 13.8 Å². The van der Waals surface area contributed by atoms with Crippen molar-refractivity contribution < 1.29 is 42.9 Å². The van der Waals surface area contributed by atoms with Crippen LogP contribution in [0.15, 0.2) is 0 Å². The van der Waals surface area contributed by atoms with Crippen LogP contribution in [0.25, 0.3) is 0 Å². The molecule has 9 nitrogen and oxygen atoms in total. The molecule has 0 bridgehead atoms. The quantitative estimate of drug-likeness (QED) is 0.0278. The van der Waals surface area contributed by atoms with Gasteiger partial charge in [-0.15, -0.1) is 0 Å². The lowest BCUT2D eigenvalue weighted by molar-refractivity contribution is -0.870. The second-order valence-electron chi connectivity index (χ2n) is 22.4.